The van der Waals surface area contributed by atoms with Crippen molar-refractivity contribution in [3.05, 3.63) is 54.5 Å². The van der Waals surface area contributed by atoms with Crippen molar-refractivity contribution in [1.82, 2.24) is 15.3 Å². The summed E-state index contributed by atoms with van der Waals surface area (Å²) in [5, 5.41) is 4.76. The first kappa shape index (κ1) is 14.6. The van der Waals surface area contributed by atoms with Crippen LogP contribution in [0.3, 0.4) is 0 Å². The van der Waals surface area contributed by atoms with E-state index >= 15 is 0 Å². The molecule has 0 bridgehead atoms. The van der Waals surface area contributed by atoms with Gasteiger partial charge in [-0.1, -0.05) is 12.1 Å². The van der Waals surface area contributed by atoms with Crippen LogP contribution in [0.5, 0.6) is 5.75 Å². The third kappa shape index (κ3) is 3.21. The van der Waals surface area contributed by atoms with Crippen LogP contribution in [0.4, 0.5) is 0 Å². The van der Waals surface area contributed by atoms with Crippen molar-refractivity contribution in [2.75, 3.05) is 12.3 Å². The Labute approximate surface area is 139 Å². The van der Waals surface area contributed by atoms with Crippen molar-refractivity contribution in [3.63, 3.8) is 0 Å². The quantitative estimate of drug-likeness (QED) is 0.704. The van der Waals surface area contributed by atoms with E-state index in [-0.39, 0.29) is 6.10 Å². The minimum absolute atomic E-state index is 0.287. The van der Waals surface area contributed by atoms with Crippen molar-refractivity contribution < 1.29 is 4.74 Å². The molecule has 0 saturated carbocycles. The molecule has 4 nitrogen and oxygen atoms in total. The lowest BCUT2D eigenvalue weighted by Gasteiger charge is -2.25. The van der Waals surface area contributed by atoms with Crippen molar-refractivity contribution >= 4 is 22.7 Å². The molecule has 2 N–H and O–H groups in total. The number of rotatable bonds is 5. The Kier molecular flexibility index (Phi) is 4.22. The van der Waals surface area contributed by atoms with Gasteiger partial charge in [-0.15, -0.1) is 11.8 Å². The molecular formula is C18H19N3OS. The number of pyridine rings is 1. The number of hydrogen-bond acceptors (Lipinski definition) is 4. The third-order valence-corrected chi connectivity index (χ3v) is 5.28. The zero-order valence-corrected chi connectivity index (χ0v) is 13.6. The van der Waals surface area contributed by atoms with Gasteiger partial charge in [-0.05, 0) is 36.7 Å². The summed E-state index contributed by atoms with van der Waals surface area (Å²) in [7, 11) is 0. The normalized spacial score (nSPS) is 17.0. The van der Waals surface area contributed by atoms with Crippen LogP contribution in [-0.4, -0.2) is 28.4 Å². The lowest BCUT2D eigenvalue weighted by Crippen LogP contribution is -2.28. The largest absolute Gasteiger partial charge is 0.488 e. The van der Waals surface area contributed by atoms with Gasteiger partial charge < -0.3 is 15.0 Å². The maximum Gasteiger partial charge on any atom is 0.133 e. The molecule has 4 rings (SSSR count). The first-order valence-corrected chi connectivity index (χ1v) is 8.88. The Morgan fingerprint density at radius 3 is 3.26 bits per heavy atom. The summed E-state index contributed by atoms with van der Waals surface area (Å²) in [6.07, 6.45) is 7.07. The zero-order valence-electron chi connectivity index (χ0n) is 12.8. The van der Waals surface area contributed by atoms with Crippen molar-refractivity contribution in [2.24, 2.45) is 0 Å². The maximum absolute atomic E-state index is 6.06. The molecule has 1 aliphatic rings. The number of H-pyrrole nitrogens is 1. The molecule has 5 heteroatoms. The van der Waals surface area contributed by atoms with E-state index in [9.17, 15) is 0 Å². The Balaban J connectivity index is 1.28. The van der Waals surface area contributed by atoms with E-state index in [0.717, 1.165) is 36.5 Å². The molecule has 0 fully saturated rings. The first-order valence-electron chi connectivity index (χ1n) is 7.89. The van der Waals surface area contributed by atoms with Crippen LogP contribution in [0.25, 0.3) is 10.9 Å². The van der Waals surface area contributed by atoms with Gasteiger partial charge in [0, 0.05) is 35.0 Å². The summed E-state index contributed by atoms with van der Waals surface area (Å²) in [6.45, 7) is 1.81. The van der Waals surface area contributed by atoms with Gasteiger partial charge in [0.15, 0.2) is 0 Å². The van der Waals surface area contributed by atoms with Crippen LogP contribution >= 0.6 is 11.8 Å². The van der Waals surface area contributed by atoms with Crippen LogP contribution in [0.1, 0.15) is 12.0 Å². The Hall–Kier alpha value is -1.98. The molecule has 1 aromatic carbocycles. The summed E-state index contributed by atoms with van der Waals surface area (Å²) in [6, 6.07) is 10.3. The smallest absolute Gasteiger partial charge is 0.133 e. The number of nitrogens with zero attached hydrogens (tertiary/aromatic N) is 1. The summed E-state index contributed by atoms with van der Waals surface area (Å²) in [4.78, 5) is 8.64. The molecule has 1 unspecified atom stereocenters. The molecule has 0 spiro atoms. The number of thioether (sulfide) groups is 1. The van der Waals surface area contributed by atoms with Gasteiger partial charge in [0.25, 0.3) is 0 Å². The van der Waals surface area contributed by atoms with Gasteiger partial charge in [-0.25, -0.2) is 0 Å². The van der Waals surface area contributed by atoms with Crippen LogP contribution in [0.2, 0.25) is 0 Å². The average Bonchev–Trinajstić information content (AvgIpc) is 3.02. The molecule has 118 valence electrons. The molecule has 1 atom stereocenters. The summed E-state index contributed by atoms with van der Waals surface area (Å²) in [5.41, 5.74) is 2.37. The number of fused-ring (bicyclic) bond motifs is 2. The van der Waals surface area contributed by atoms with Crippen LogP contribution < -0.4 is 10.1 Å². The van der Waals surface area contributed by atoms with E-state index in [1.54, 1.807) is 0 Å². The lowest BCUT2D eigenvalue weighted by atomic mass is 10.2. The van der Waals surface area contributed by atoms with Gasteiger partial charge in [0.05, 0.1) is 11.7 Å². The highest BCUT2D eigenvalue weighted by Gasteiger charge is 2.19. The standard InChI is InChI=1S/C18H19N3OS/c1-2-4-18-17(3-1)22-14(12-23-18)5-7-19-9-13-10-21-16-11-20-8-6-15(13)16/h1-4,6,8,10-11,14,19,21H,5,7,9,12H2. The predicted octanol–water partition coefficient (Wildman–Crippen LogP) is 3.60. The molecule has 1 aliphatic heterocycles. The molecular weight excluding hydrogens is 306 g/mol. The fourth-order valence-corrected chi connectivity index (χ4v) is 3.90. The van der Waals surface area contributed by atoms with Gasteiger partial charge in [-0.3, -0.25) is 4.98 Å². The van der Waals surface area contributed by atoms with Crippen LogP contribution in [0, 0.1) is 0 Å². The topological polar surface area (TPSA) is 49.9 Å². The second-order valence-corrected chi connectivity index (χ2v) is 6.76. The number of benzene rings is 1. The number of ether oxygens (including phenoxy) is 1. The maximum atomic E-state index is 6.06. The van der Waals surface area contributed by atoms with Gasteiger partial charge in [0.1, 0.15) is 11.9 Å². The van der Waals surface area contributed by atoms with Gasteiger partial charge in [0.2, 0.25) is 0 Å². The molecule has 3 aromatic rings. The molecule has 0 saturated heterocycles. The zero-order chi connectivity index (χ0) is 15.5. The first-order chi connectivity index (χ1) is 11.4. The lowest BCUT2D eigenvalue weighted by molar-refractivity contribution is 0.204. The summed E-state index contributed by atoms with van der Waals surface area (Å²) < 4.78 is 6.06. The third-order valence-electron chi connectivity index (χ3n) is 4.09. The van der Waals surface area contributed by atoms with E-state index in [1.165, 1.54) is 15.8 Å². The fourth-order valence-electron chi connectivity index (χ4n) is 2.87. The summed E-state index contributed by atoms with van der Waals surface area (Å²) >= 11 is 1.89. The number of hydrogen-bond donors (Lipinski definition) is 2. The minimum atomic E-state index is 0.287. The Morgan fingerprint density at radius 2 is 2.26 bits per heavy atom. The highest BCUT2D eigenvalue weighted by molar-refractivity contribution is 7.99. The molecule has 0 amide bonds. The number of aromatic amines is 1. The minimum Gasteiger partial charge on any atom is -0.488 e. The Bertz CT molecular complexity index is 802. The predicted molar refractivity (Wildman–Crippen MR) is 94.0 cm³/mol. The molecule has 0 radical (unpaired) electrons. The summed E-state index contributed by atoms with van der Waals surface area (Å²) in [5.74, 6) is 2.05. The number of para-hydroxylation sites is 1. The SMILES string of the molecule is c1ccc2c(c1)OC(CCNCc1c[nH]c3cnccc13)CS2. The van der Waals surface area contributed by atoms with E-state index in [2.05, 4.69) is 45.7 Å². The van der Waals surface area contributed by atoms with E-state index in [0.29, 0.717) is 0 Å². The van der Waals surface area contributed by atoms with Gasteiger partial charge >= 0.3 is 0 Å². The highest BCUT2D eigenvalue weighted by Crippen LogP contribution is 2.35. The highest BCUT2D eigenvalue weighted by atomic mass is 32.2. The van der Waals surface area contributed by atoms with Crippen LogP contribution in [0.15, 0.2) is 53.8 Å². The average molecular weight is 325 g/mol. The van der Waals surface area contributed by atoms with Crippen molar-refractivity contribution in [1.29, 1.82) is 0 Å². The van der Waals surface area contributed by atoms with Crippen molar-refractivity contribution in [2.45, 2.75) is 24.0 Å². The van der Waals surface area contributed by atoms with E-state index < -0.39 is 0 Å². The van der Waals surface area contributed by atoms with Crippen molar-refractivity contribution in [3.8, 4) is 5.75 Å². The number of aromatic nitrogens is 2. The van der Waals surface area contributed by atoms with Crippen LogP contribution in [-0.2, 0) is 6.54 Å². The second kappa shape index (κ2) is 6.64. The number of nitrogens with one attached hydrogen (secondary N) is 2. The molecule has 3 heterocycles. The van der Waals surface area contributed by atoms with Gasteiger partial charge in [-0.2, -0.15) is 0 Å². The second-order valence-electron chi connectivity index (χ2n) is 5.70. The molecule has 23 heavy (non-hydrogen) atoms. The Morgan fingerprint density at radius 1 is 1.30 bits per heavy atom. The van der Waals surface area contributed by atoms with E-state index in [4.69, 9.17) is 4.74 Å². The monoisotopic (exact) mass is 325 g/mol. The fraction of sp³-hybridized carbons (Fsp3) is 0.278. The van der Waals surface area contributed by atoms with E-state index in [1.807, 2.05) is 30.2 Å². The molecule has 2 aromatic heterocycles. The molecule has 0 aliphatic carbocycles.